The fourth-order valence-corrected chi connectivity index (χ4v) is 4.06. The van der Waals surface area contributed by atoms with Crippen LogP contribution in [0.25, 0.3) is 5.76 Å². The van der Waals surface area contributed by atoms with Gasteiger partial charge in [-0.1, -0.05) is 18.2 Å². The highest BCUT2D eigenvalue weighted by Gasteiger charge is 2.47. The minimum absolute atomic E-state index is 0.00924. The number of amides is 1. The second-order valence-corrected chi connectivity index (χ2v) is 7.84. The van der Waals surface area contributed by atoms with Crippen molar-refractivity contribution in [1.82, 2.24) is 0 Å². The lowest BCUT2D eigenvalue weighted by Gasteiger charge is -2.26. The lowest BCUT2D eigenvalue weighted by molar-refractivity contribution is -0.132. The number of phenols is 1. The molecule has 6 heteroatoms. The van der Waals surface area contributed by atoms with Gasteiger partial charge in [0.15, 0.2) is 0 Å². The van der Waals surface area contributed by atoms with Gasteiger partial charge in [-0.25, -0.2) is 0 Å². The Balaban J connectivity index is 1.94. The van der Waals surface area contributed by atoms with Crippen LogP contribution in [0.5, 0.6) is 11.5 Å². The van der Waals surface area contributed by atoms with E-state index in [4.69, 9.17) is 4.74 Å². The molecular formula is C26H23NO5. The first-order chi connectivity index (χ1) is 15.3. The van der Waals surface area contributed by atoms with Crippen LogP contribution in [0, 0.1) is 13.8 Å². The fourth-order valence-electron chi connectivity index (χ4n) is 4.06. The van der Waals surface area contributed by atoms with Crippen molar-refractivity contribution in [2.75, 3.05) is 12.0 Å². The number of nitrogens with zero attached hydrogens (tertiary/aromatic N) is 1. The second-order valence-electron chi connectivity index (χ2n) is 7.84. The molecule has 1 heterocycles. The van der Waals surface area contributed by atoms with Gasteiger partial charge in [0.2, 0.25) is 0 Å². The first-order valence-electron chi connectivity index (χ1n) is 10.1. The number of aromatic hydroxyl groups is 1. The molecule has 4 rings (SSSR count). The molecule has 1 atom stereocenters. The topological polar surface area (TPSA) is 87.1 Å². The summed E-state index contributed by atoms with van der Waals surface area (Å²) in [5, 5.41) is 20.9. The van der Waals surface area contributed by atoms with Crippen molar-refractivity contribution >= 4 is 23.1 Å². The molecule has 0 bridgehead atoms. The zero-order valence-corrected chi connectivity index (χ0v) is 18.0. The quantitative estimate of drug-likeness (QED) is 0.358. The van der Waals surface area contributed by atoms with Crippen LogP contribution < -0.4 is 9.64 Å². The number of aryl methyl sites for hydroxylation is 2. The summed E-state index contributed by atoms with van der Waals surface area (Å²) < 4.78 is 5.16. The fraction of sp³-hybridized carbons (Fsp3) is 0.154. The molecule has 32 heavy (non-hydrogen) atoms. The van der Waals surface area contributed by atoms with E-state index < -0.39 is 17.7 Å². The zero-order chi connectivity index (χ0) is 23.0. The van der Waals surface area contributed by atoms with Gasteiger partial charge < -0.3 is 14.9 Å². The van der Waals surface area contributed by atoms with Crippen LogP contribution in [0.15, 0.2) is 72.3 Å². The van der Waals surface area contributed by atoms with Crippen molar-refractivity contribution in [2.45, 2.75) is 19.9 Å². The molecule has 1 aliphatic heterocycles. The van der Waals surface area contributed by atoms with Gasteiger partial charge in [0, 0.05) is 11.3 Å². The zero-order valence-electron chi connectivity index (χ0n) is 18.0. The lowest BCUT2D eigenvalue weighted by atomic mass is 9.95. The number of benzene rings is 3. The standard InChI is InChI=1S/C26H23NO5/c1-15-12-16(2)14-19(13-15)27-23(17-4-8-20(28)9-5-17)22(25(30)26(27)31)24(29)18-6-10-21(32-3)11-7-18/h4-14,23,28-29H,1-3H3/b24-22+. The van der Waals surface area contributed by atoms with Gasteiger partial charge in [0.05, 0.1) is 18.7 Å². The Morgan fingerprint density at radius 3 is 2.06 bits per heavy atom. The van der Waals surface area contributed by atoms with Gasteiger partial charge >= 0.3 is 0 Å². The van der Waals surface area contributed by atoms with Crippen molar-refractivity contribution in [3.8, 4) is 11.5 Å². The molecule has 1 unspecified atom stereocenters. The summed E-state index contributed by atoms with van der Waals surface area (Å²) in [7, 11) is 1.54. The molecule has 0 saturated carbocycles. The van der Waals surface area contributed by atoms with Crippen molar-refractivity contribution < 1.29 is 24.5 Å². The number of hydrogen-bond donors (Lipinski definition) is 2. The van der Waals surface area contributed by atoms with E-state index in [1.54, 1.807) is 36.4 Å². The molecule has 3 aromatic carbocycles. The summed E-state index contributed by atoms with van der Waals surface area (Å²) >= 11 is 0. The summed E-state index contributed by atoms with van der Waals surface area (Å²) in [4.78, 5) is 27.8. The summed E-state index contributed by atoms with van der Waals surface area (Å²) in [6.45, 7) is 3.83. The summed E-state index contributed by atoms with van der Waals surface area (Å²) in [6, 6.07) is 17.7. The number of carbonyl (C=O) groups is 2. The molecule has 162 valence electrons. The van der Waals surface area contributed by atoms with E-state index in [0.717, 1.165) is 11.1 Å². The Bertz CT molecular complexity index is 1210. The molecule has 0 aromatic heterocycles. The lowest BCUT2D eigenvalue weighted by Crippen LogP contribution is -2.29. The highest BCUT2D eigenvalue weighted by Crippen LogP contribution is 2.43. The van der Waals surface area contributed by atoms with Gasteiger partial charge in [-0.15, -0.1) is 0 Å². The minimum Gasteiger partial charge on any atom is -0.508 e. The first-order valence-corrected chi connectivity index (χ1v) is 10.1. The van der Waals surface area contributed by atoms with Crippen molar-refractivity contribution in [3.05, 3.63) is 94.6 Å². The number of rotatable bonds is 4. The molecular weight excluding hydrogens is 406 g/mol. The second kappa shape index (κ2) is 8.23. The predicted molar refractivity (Wildman–Crippen MR) is 122 cm³/mol. The number of carbonyl (C=O) groups excluding carboxylic acids is 2. The molecule has 1 fully saturated rings. The Morgan fingerprint density at radius 2 is 1.50 bits per heavy atom. The summed E-state index contributed by atoms with van der Waals surface area (Å²) in [5.41, 5.74) is 3.44. The number of methoxy groups -OCH3 is 1. The molecule has 1 aliphatic rings. The minimum atomic E-state index is -0.848. The highest BCUT2D eigenvalue weighted by atomic mass is 16.5. The average molecular weight is 429 g/mol. The number of ketones is 1. The van der Waals surface area contributed by atoms with Crippen molar-refractivity contribution in [1.29, 1.82) is 0 Å². The molecule has 0 radical (unpaired) electrons. The van der Waals surface area contributed by atoms with E-state index in [-0.39, 0.29) is 17.1 Å². The van der Waals surface area contributed by atoms with Gasteiger partial charge in [0.25, 0.3) is 11.7 Å². The van der Waals surface area contributed by atoms with Crippen LogP contribution in [0.4, 0.5) is 5.69 Å². The Hall–Kier alpha value is -4.06. The molecule has 1 amide bonds. The highest BCUT2D eigenvalue weighted by molar-refractivity contribution is 6.51. The van der Waals surface area contributed by atoms with Gasteiger partial charge in [0.1, 0.15) is 17.3 Å². The normalized spacial score (nSPS) is 17.6. The van der Waals surface area contributed by atoms with E-state index >= 15 is 0 Å². The number of Topliss-reactive ketones (excluding diaryl/α,β-unsaturated/α-hetero) is 1. The van der Waals surface area contributed by atoms with Crippen molar-refractivity contribution in [3.63, 3.8) is 0 Å². The van der Waals surface area contributed by atoms with E-state index in [1.165, 1.54) is 24.1 Å². The number of ether oxygens (including phenoxy) is 1. The number of anilines is 1. The van der Waals surface area contributed by atoms with Gasteiger partial charge in [-0.2, -0.15) is 0 Å². The third kappa shape index (κ3) is 3.71. The first kappa shape index (κ1) is 21.2. The summed E-state index contributed by atoms with van der Waals surface area (Å²) in [5.74, 6) is -1.09. The largest absolute Gasteiger partial charge is 0.508 e. The predicted octanol–water partition coefficient (Wildman–Crippen LogP) is 4.64. The number of phenolic OH excluding ortho intramolecular Hbond substituents is 1. The van der Waals surface area contributed by atoms with Crippen LogP contribution in [-0.4, -0.2) is 29.0 Å². The van der Waals surface area contributed by atoms with Crippen LogP contribution >= 0.6 is 0 Å². The van der Waals surface area contributed by atoms with Crippen LogP contribution in [-0.2, 0) is 9.59 Å². The van der Waals surface area contributed by atoms with E-state index in [2.05, 4.69) is 0 Å². The van der Waals surface area contributed by atoms with Crippen LogP contribution in [0.2, 0.25) is 0 Å². The maximum Gasteiger partial charge on any atom is 0.300 e. The number of hydrogen-bond acceptors (Lipinski definition) is 5. The third-order valence-electron chi connectivity index (χ3n) is 5.50. The Morgan fingerprint density at radius 1 is 0.906 bits per heavy atom. The number of aliphatic hydroxyl groups is 1. The molecule has 0 aliphatic carbocycles. The smallest absolute Gasteiger partial charge is 0.300 e. The maximum absolute atomic E-state index is 13.2. The molecule has 3 aromatic rings. The van der Waals surface area contributed by atoms with E-state index in [9.17, 15) is 19.8 Å². The van der Waals surface area contributed by atoms with Gasteiger partial charge in [-0.3, -0.25) is 14.5 Å². The Kier molecular flexibility index (Phi) is 5.45. The average Bonchev–Trinajstić information content (AvgIpc) is 3.04. The number of aliphatic hydroxyl groups excluding tert-OH is 1. The van der Waals surface area contributed by atoms with E-state index in [1.807, 2.05) is 32.0 Å². The maximum atomic E-state index is 13.2. The Labute approximate surface area is 186 Å². The monoisotopic (exact) mass is 429 g/mol. The molecule has 6 nitrogen and oxygen atoms in total. The SMILES string of the molecule is COc1ccc(/C(O)=C2\C(=O)C(=O)N(c3cc(C)cc(C)c3)C2c2ccc(O)cc2)cc1. The summed E-state index contributed by atoms with van der Waals surface area (Å²) in [6.07, 6.45) is 0. The van der Waals surface area contributed by atoms with Crippen LogP contribution in [0.3, 0.4) is 0 Å². The third-order valence-corrected chi connectivity index (χ3v) is 5.50. The molecule has 0 spiro atoms. The molecule has 1 saturated heterocycles. The van der Waals surface area contributed by atoms with Gasteiger partial charge in [-0.05, 0) is 79.1 Å². The van der Waals surface area contributed by atoms with E-state index in [0.29, 0.717) is 22.6 Å². The van der Waals surface area contributed by atoms with Crippen molar-refractivity contribution in [2.24, 2.45) is 0 Å². The van der Waals surface area contributed by atoms with Crippen LogP contribution in [0.1, 0.15) is 28.3 Å². The molecule has 2 N–H and O–H groups in total.